The van der Waals surface area contributed by atoms with E-state index in [1.807, 2.05) is 42.5 Å². The molecule has 2 rings (SSSR count). The third kappa shape index (κ3) is 3.63. The van der Waals surface area contributed by atoms with Crippen LogP contribution < -0.4 is 0 Å². The Morgan fingerprint density at radius 3 is 2.40 bits per heavy atom. The minimum Gasteiger partial charge on any atom is -0.388 e. The quantitative estimate of drug-likeness (QED) is 0.707. The van der Waals surface area contributed by atoms with E-state index in [2.05, 4.69) is 6.58 Å². The molecule has 20 heavy (non-hydrogen) atoms. The Labute approximate surface area is 129 Å². The number of halogens is 2. The van der Waals surface area contributed by atoms with Crippen molar-refractivity contribution in [3.8, 4) is 11.1 Å². The van der Waals surface area contributed by atoms with E-state index in [1.54, 1.807) is 6.07 Å². The lowest BCUT2D eigenvalue weighted by atomic mass is 10.00. The molecular formula is C17H16Cl2O. The summed E-state index contributed by atoms with van der Waals surface area (Å²) in [6.45, 7) is 3.66. The van der Waals surface area contributed by atoms with Crippen LogP contribution in [0, 0.1) is 0 Å². The summed E-state index contributed by atoms with van der Waals surface area (Å²) in [6.07, 6.45) is 2.84. The molecular weight excluding hydrogens is 291 g/mol. The molecule has 0 bridgehead atoms. The molecule has 1 nitrogen and oxygen atoms in total. The summed E-state index contributed by atoms with van der Waals surface area (Å²) in [7, 11) is 0. The number of hydrogen-bond acceptors (Lipinski definition) is 1. The molecule has 1 N–H and O–H groups in total. The van der Waals surface area contributed by atoms with Crippen molar-refractivity contribution in [1.29, 1.82) is 0 Å². The van der Waals surface area contributed by atoms with Crippen LogP contribution in [0.2, 0.25) is 10.0 Å². The molecule has 0 aliphatic heterocycles. The summed E-state index contributed by atoms with van der Waals surface area (Å²) in [5.41, 5.74) is 2.84. The van der Waals surface area contributed by atoms with Crippen LogP contribution in [-0.4, -0.2) is 5.11 Å². The zero-order valence-electron chi connectivity index (χ0n) is 11.0. The van der Waals surface area contributed by atoms with E-state index in [-0.39, 0.29) is 0 Å². The normalized spacial score (nSPS) is 12.2. The largest absolute Gasteiger partial charge is 0.388 e. The van der Waals surface area contributed by atoms with Crippen molar-refractivity contribution in [2.75, 3.05) is 0 Å². The molecule has 1 atom stereocenters. The number of aliphatic hydroxyl groups is 1. The van der Waals surface area contributed by atoms with Gasteiger partial charge in [-0.1, -0.05) is 59.6 Å². The maximum atomic E-state index is 10.0. The van der Waals surface area contributed by atoms with Crippen LogP contribution in [0.3, 0.4) is 0 Å². The molecule has 0 aromatic heterocycles. The van der Waals surface area contributed by atoms with Gasteiger partial charge >= 0.3 is 0 Å². The molecule has 0 radical (unpaired) electrons. The highest BCUT2D eigenvalue weighted by molar-refractivity contribution is 6.36. The minimum absolute atomic E-state index is 0.456. The smallest absolute Gasteiger partial charge is 0.0793 e. The minimum atomic E-state index is -0.456. The molecule has 3 heteroatoms. The molecule has 0 amide bonds. The van der Waals surface area contributed by atoms with Gasteiger partial charge in [-0.2, -0.15) is 0 Å². The zero-order valence-corrected chi connectivity index (χ0v) is 12.5. The van der Waals surface area contributed by atoms with Crippen LogP contribution >= 0.6 is 23.2 Å². The van der Waals surface area contributed by atoms with Crippen LogP contribution in [0.4, 0.5) is 0 Å². The van der Waals surface area contributed by atoms with Crippen molar-refractivity contribution >= 4 is 23.2 Å². The molecule has 2 aromatic rings. The van der Waals surface area contributed by atoms with Gasteiger partial charge in [0.1, 0.15) is 0 Å². The van der Waals surface area contributed by atoms with Gasteiger partial charge in [-0.05, 0) is 36.1 Å². The summed E-state index contributed by atoms with van der Waals surface area (Å²) >= 11 is 12.1. The SMILES string of the molecule is C=CCC[C@H](O)c1ccc(-c2ccc(Cl)cc2Cl)cc1. The highest BCUT2D eigenvalue weighted by atomic mass is 35.5. The summed E-state index contributed by atoms with van der Waals surface area (Å²) in [5.74, 6) is 0. The molecule has 0 spiro atoms. The second-order valence-electron chi connectivity index (χ2n) is 4.63. The fourth-order valence-electron chi connectivity index (χ4n) is 2.05. The van der Waals surface area contributed by atoms with Crippen molar-refractivity contribution in [2.45, 2.75) is 18.9 Å². The van der Waals surface area contributed by atoms with E-state index in [0.717, 1.165) is 23.1 Å². The lowest BCUT2D eigenvalue weighted by molar-refractivity contribution is 0.169. The summed E-state index contributed by atoms with van der Waals surface area (Å²) < 4.78 is 0. The predicted molar refractivity (Wildman–Crippen MR) is 86.3 cm³/mol. The topological polar surface area (TPSA) is 20.2 Å². The van der Waals surface area contributed by atoms with E-state index in [9.17, 15) is 5.11 Å². The first-order chi connectivity index (χ1) is 9.61. The third-order valence-electron chi connectivity index (χ3n) is 3.18. The van der Waals surface area contributed by atoms with Gasteiger partial charge < -0.3 is 5.11 Å². The van der Waals surface area contributed by atoms with Gasteiger partial charge in [0.05, 0.1) is 6.10 Å². The van der Waals surface area contributed by atoms with Crippen LogP contribution in [0.25, 0.3) is 11.1 Å². The molecule has 0 saturated heterocycles. The van der Waals surface area contributed by atoms with E-state index in [1.165, 1.54) is 0 Å². The van der Waals surface area contributed by atoms with Crippen LogP contribution in [-0.2, 0) is 0 Å². The van der Waals surface area contributed by atoms with Gasteiger partial charge in [-0.3, -0.25) is 0 Å². The van der Waals surface area contributed by atoms with Gasteiger partial charge in [0.2, 0.25) is 0 Å². The van der Waals surface area contributed by atoms with E-state index in [0.29, 0.717) is 16.5 Å². The Balaban J connectivity index is 2.21. The lowest BCUT2D eigenvalue weighted by Gasteiger charge is -2.11. The fourth-order valence-corrected chi connectivity index (χ4v) is 2.57. The molecule has 0 saturated carbocycles. The van der Waals surface area contributed by atoms with Crippen molar-refractivity contribution in [3.63, 3.8) is 0 Å². The molecule has 0 fully saturated rings. The molecule has 104 valence electrons. The maximum Gasteiger partial charge on any atom is 0.0793 e. The lowest BCUT2D eigenvalue weighted by Crippen LogP contribution is -1.96. The zero-order chi connectivity index (χ0) is 14.5. The first-order valence-electron chi connectivity index (χ1n) is 6.46. The van der Waals surface area contributed by atoms with Gasteiger partial charge in [0.25, 0.3) is 0 Å². The molecule has 0 aliphatic rings. The molecule has 0 unspecified atom stereocenters. The van der Waals surface area contributed by atoms with Gasteiger partial charge in [-0.25, -0.2) is 0 Å². The molecule has 2 aromatic carbocycles. The van der Waals surface area contributed by atoms with Gasteiger partial charge in [0.15, 0.2) is 0 Å². The molecule has 0 heterocycles. The summed E-state index contributed by atoms with van der Waals surface area (Å²) in [4.78, 5) is 0. The van der Waals surface area contributed by atoms with Crippen molar-refractivity contribution in [3.05, 3.63) is 70.7 Å². The number of rotatable bonds is 5. The first kappa shape index (κ1) is 15.1. The van der Waals surface area contributed by atoms with Gasteiger partial charge in [-0.15, -0.1) is 6.58 Å². The fraction of sp³-hybridized carbons (Fsp3) is 0.176. The monoisotopic (exact) mass is 306 g/mol. The third-order valence-corrected chi connectivity index (χ3v) is 3.73. The van der Waals surface area contributed by atoms with Crippen LogP contribution in [0.15, 0.2) is 55.1 Å². The highest BCUT2D eigenvalue weighted by Gasteiger charge is 2.08. The molecule has 0 aliphatic carbocycles. The number of aliphatic hydroxyl groups excluding tert-OH is 1. The van der Waals surface area contributed by atoms with Crippen LogP contribution in [0.1, 0.15) is 24.5 Å². The van der Waals surface area contributed by atoms with E-state index < -0.39 is 6.10 Å². The Bertz CT molecular complexity index is 590. The second kappa shape index (κ2) is 6.94. The Hall–Kier alpha value is -1.28. The van der Waals surface area contributed by atoms with Gasteiger partial charge in [0, 0.05) is 15.6 Å². The predicted octanol–water partition coefficient (Wildman–Crippen LogP) is 5.66. The van der Waals surface area contributed by atoms with Crippen LogP contribution in [0.5, 0.6) is 0 Å². The first-order valence-corrected chi connectivity index (χ1v) is 7.21. The van der Waals surface area contributed by atoms with E-state index >= 15 is 0 Å². The van der Waals surface area contributed by atoms with Crippen molar-refractivity contribution in [1.82, 2.24) is 0 Å². The average Bonchev–Trinajstić information content (AvgIpc) is 2.45. The second-order valence-corrected chi connectivity index (χ2v) is 5.47. The Morgan fingerprint density at radius 1 is 1.10 bits per heavy atom. The summed E-state index contributed by atoms with van der Waals surface area (Å²) in [6, 6.07) is 13.2. The Kier molecular flexibility index (Phi) is 5.24. The number of benzene rings is 2. The maximum absolute atomic E-state index is 10.0. The standard InChI is InChI=1S/C17H16Cl2O/c1-2-3-4-17(20)13-7-5-12(6-8-13)15-10-9-14(18)11-16(15)19/h2,5-11,17,20H,1,3-4H2/t17-/m0/s1. The van der Waals surface area contributed by atoms with Crippen molar-refractivity contribution < 1.29 is 5.11 Å². The summed E-state index contributed by atoms with van der Waals surface area (Å²) in [5, 5.41) is 11.3. The van der Waals surface area contributed by atoms with E-state index in [4.69, 9.17) is 23.2 Å². The van der Waals surface area contributed by atoms with Crippen molar-refractivity contribution in [2.24, 2.45) is 0 Å². The number of allylic oxidation sites excluding steroid dienone is 1. The highest BCUT2D eigenvalue weighted by Crippen LogP contribution is 2.31. The number of hydrogen-bond donors (Lipinski definition) is 1. The Morgan fingerprint density at radius 2 is 1.80 bits per heavy atom. The average molecular weight is 307 g/mol.